The van der Waals surface area contributed by atoms with Crippen molar-refractivity contribution in [1.82, 2.24) is 0 Å². The third kappa shape index (κ3) is 18.9. The molecule has 23 heavy (non-hydrogen) atoms. The first-order valence-corrected chi connectivity index (χ1v) is 9.54. The highest BCUT2D eigenvalue weighted by atomic mass is 16.5. The van der Waals surface area contributed by atoms with Crippen molar-refractivity contribution in [2.24, 2.45) is 0 Å². The van der Waals surface area contributed by atoms with Crippen LogP contribution in [0.2, 0.25) is 0 Å². The predicted molar refractivity (Wildman–Crippen MR) is 93.5 cm³/mol. The molecule has 4 nitrogen and oxygen atoms in total. The molecule has 0 spiro atoms. The van der Waals surface area contributed by atoms with Gasteiger partial charge in [0.25, 0.3) is 0 Å². The van der Waals surface area contributed by atoms with Crippen LogP contribution in [0.25, 0.3) is 0 Å². The highest BCUT2D eigenvalue weighted by Gasteiger charge is 2.03. The van der Waals surface area contributed by atoms with Gasteiger partial charge in [-0.15, -0.1) is 0 Å². The van der Waals surface area contributed by atoms with Gasteiger partial charge in [0.1, 0.15) is 0 Å². The van der Waals surface area contributed by atoms with Crippen LogP contribution in [-0.4, -0.2) is 23.7 Å². The van der Waals surface area contributed by atoms with E-state index in [2.05, 4.69) is 6.92 Å². The minimum atomic E-state index is -0.745. The number of carboxylic acid groups (broad SMARTS) is 1. The minimum Gasteiger partial charge on any atom is -0.481 e. The van der Waals surface area contributed by atoms with E-state index in [-0.39, 0.29) is 12.4 Å². The summed E-state index contributed by atoms with van der Waals surface area (Å²) in [6.07, 6.45) is 15.3. The summed E-state index contributed by atoms with van der Waals surface area (Å²) in [5, 5.41) is 8.51. The molecule has 0 aromatic rings. The zero-order chi connectivity index (χ0) is 17.2. The highest BCUT2D eigenvalue weighted by Crippen LogP contribution is 2.10. The number of hydrogen-bond acceptors (Lipinski definition) is 3. The molecule has 0 aliphatic heterocycles. The van der Waals surface area contributed by atoms with Gasteiger partial charge in [-0.05, 0) is 19.3 Å². The van der Waals surface area contributed by atoms with E-state index >= 15 is 0 Å². The van der Waals surface area contributed by atoms with E-state index < -0.39 is 5.97 Å². The van der Waals surface area contributed by atoms with Crippen molar-refractivity contribution in [1.29, 1.82) is 0 Å². The second-order valence-corrected chi connectivity index (χ2v) is 6.36. The fourth-order valence-electron chi connectivity index (χ4n) is 2.57. The van der Waals surface area contributed by atoms with Gasteiger partial charge < -0.3 is 9.84 Å². The topological polar surface area (TPSA) is 63.6 Å². The first kappa shape index (κ1) is 21.9. The molecule has 0 radical (unpaired) electrons. The smallest absolute Gasteiger partial charge is 0.305 e. The maximum atomic E-state index is 11.5. The van der Waals surface area contributed by atoms with Gasteiger partial charge >= 0.3 is 11.9 Å². The van der Waals surface area contributed by atoms with Gasteiger partial charge in [-0.25, -0.2) is 0 Å². The molecule has 0 amide bonds. The number of carbonyl (C=O) groups excluding carboxylic acids is 1. The molecule has 0 heterocycles. The average Bonchev–Trinajstić information content (AvgIpc) is 2.52. The summed E-state index contributed by atoms with van der Waals surface area (Å²) in [6, 6.07) is 0. The second-order valence-electron chi connectivity index (χ2n) is 6.36. The monoisotopic (exact) mass is 328 g/mol. The fraction of sp³-hybridized carbons (Fsp3) is 0.895. The zero-order valence-corrected chi connectivity index (χ0v) is 15.0. The first-order chi connectivity index (χ1) is 11.2. The number of carboxylic acids is 1. The SMILES string of the molecule is CCCCCCCCCCCOC(=O)CCCCCCC(=O)O. The Labute approximate surface area is 142 Å². The van der Waals surface area contributed by atoms with Crippen LogP contribution in [-0.2, 0) is 14.3 Å². The Hall–Kier alpha value is -1.06. The Morgan fingerprint density at radius 3 is 1.74 bits per heavy atom. The Morgan fingerprint density at radius 2 is 1.17 bits per heavy atom. The molecule has 0 bridgehead atoms. The van der Waals surface area contributed by atoms with Crippen LogP contribution >= 0.6 is 0 Å². The summed E-state index contributed by atoms with van der Waals surface area (Å²) < 4.78 is 5.21. The molecule has 0 atom stereocenters. The van der Waals surface area contributed by atoms with E-state index in [1.165, 1.54) is 44.9 Å². The van der Waals surface area contributed by atoms with E-state index in [4.69, 9.17) is 9.84 Å². The number of ether oxygens (including phenoxy) is 1. The number of unbranched alkanes of at least 4 members (excludes halogenated alkanes) is 11. The van der Waals surface area contributed by atoms with Gasteiger partial charge in [0.2, 0.25) is 0 Å². The lowest BCUT2D eigenvalue weighted by molar-refractivity contribution is -0.144. The van der Waals surface area contributed by atoms with Gasteiger partial charge in [0.05, 0.1) is 6.61 Å². The van der Waals surface area contributed by atoms with Gasteiger partial charge in [-0.1, -0.05) is 71.1 Å². The predicted octanol–water partition coefficient (Wildman–Crippen LogP) is 5.49. The molecular formula is C19H36O4. The van der Waals surface area contributed by atoms with Crippen molar-refractivity contribution in [2.75, 3.05) is 6.61 Å². The Bertz CT molecular complexity index is 289. The van der Waals surface area contributed by atoms with Crippen LogP contribution in [0.5, 0.6) is 0 Å². The summed E-state index contributed by atoms with van der Waals surface area (Å²) >= 11 is 0. The van der Waals surface area contributed by atoms with Crippen LogP contribution in [0, 0.1) is 0 Å². The van der Waals surface area contributed by atoms with Crippen LogP contribution in [0.1, 0.15) is 103 Å². The lowest BCUT2D eigenvalue weighted by atomic mass is 10.1. The molecule has 4 heteroatoms. The maximum absolute atomic E-state index is 11.5. The van der Waals surface area contributed by atoms with Crippen molar-refractivity contribution < 1.29 is 19.4 Å². The zero-order valence-electron chi connectivity index (χ0n) is 15.0. The molecule has 0 rings (SSSR count). The molecule has 0 aliphatic carbocycles. The van der Waals surface area contributed by atoms with Crippen molar-refractivity contribution in [3.8, 4) is 0 Å². The standard InChI is InChI=1S/C19H36O4/c1-2-3-4-5-6-7-8-11-14-17-23-19(22)16-13-10-9-12-15-18(20)21/h2-17H2,1H3,(H,20,21). The first-order valence-electron chi connectivity index (χ1n) is 9.54. The van der Waals surface area contributed by atoms with Crippen molar-refractivity contribution >= 4 is 11.9 Å². The number of carbonyl (C=O) groups is 2. The van der Waals surface area contributed by atoms with E-state index in [0.717, 1.165) is 32.1 Å². The van der Waals surface area contributed by atoms with Crippen LogP contribution in [0.15, 0.2) is 0 Å². The van der Waals surface area contributed by atoms with Crippen molar-refractivity contribution in [2.45, 2.75) is 103 Å². The summed E-state index contributed by atoms with van der Waals surface area (Å²) in [6.45, 7) is 2.79. The maximum Gasteiger partial charge on any atom is 0.305 e. The third-order valence-electron chi connectivity index (χ3n) is 4.03. The fourth-order valence-corrected chi connectivity index (χ4v) is 2.57. The minimum absolute atomic E-state index is 0.109. The van der Waals surface area contributed by atoms with Gasteiger partial charge in [0, 0.05) is 12.8 Å². The summed E-state index contributed by atoms with van der Waals surface area (Å²) in [4.78, 5) is 21.8. The van der Waals surface area contributed by atoms with E-state index in [0.29, 0.717) is 19.4 Å². The van der Waals surface area contributed by atoms with Crippen molar-refractivity contribution in [3.63, 3.8) is 0 Å². The molecule has 0 fully saturated rings. The molecule has 0 aliphatic rings. The molecule has 0 saturated heterocycles. The normalized spacial score (nSPS) is 10.7. The van der Waals surface area contributed by atoms with Gasteiger partial charge in [0.15, 0.2) is 0 Å². The molecule has 1 N–H and O–H groups in total. The van der Waals surface area contributed by atoms with Crippen LogP contribution < -0.4 is 0 Å². The van der Waals surface area contributed by atoms with E-state index in [1.54, 1.807) is 0 Å². The number of esters is 1. The number of aliphatic carboxylic acids is 1. The molecule has 0 saturated carbocycles. The lowest BCUT2D eigenvalue weighted by Gasteiger charge is -2.05. The van der Waals surface area contributed by atoms with E-state index in [9.17, 15) is 9.59 Å². The van der Waals surface area contributed by atoms with Crippen molar-refractivity contribution in [3.05, 3.63) is 0 Å². The largest absolute Gasteiger partial charge is 0.481 e. The summed E-state index contributed by atoms with van der Waals surface area (Å²) in [5.41, 5.74) is 0. The van der Waals surface area contributed by atoms with Crippen LogP contribution in [0.4, 0.5) is 0 Å². The molecule has 0 aromatic carbocycles. The Morgan fingerprint density at radius 1 is 0.696 bits per heavy atom. The van der Waals surface area contributed by atoms with Crippen LogP contribution in [0.3, 0.4) is 0 Å². The Kier molecular flexibility index (Phi) is 16.5. The number of rotatable bonds is 17. The lowest BCUT2D eigenvalue weighted by Crippen LogP contribution is -2.05. The average molecular weight is 328 g/mol. The van der Waals surface area contributed by atoms with E-state index in [1.807, 2.05) is 0 Å². The summed E-state index contributed by atoms with van der Waals surface area (Å²) in [5.74, 6) is -0.854. The Balaban J connectivity index is 3.17. The molecule has 136 valence electrons. The number of hydrogen-bond donors (Lipinski definition) is 1. The second kappa shape index (κ2) is 17.3. The van der Waals surface area contributed by atoms with Gasteiger partial charge in [-0.3, -0.25) is 9.59 Å². The van der Waals surface area contributed by atoms with Gasteiger partial charge in [-0.2, -0.15) is 0 Å². The quantitative estimate of drug-likeness (QED) is 0.283. The summed E-state index contributed by atoms with van der Waals surface area (Å²) in [7, 11) is 0. The third-order valence-corrected chi connectivity index (χ3v) is 4.03. The molecule has 0 unspecified atom stereocenters. The highest BCUT2D eigenvalue weighted by molar-refractivity contribution is 5.69. The molecular weight excluding hydrogens is 292 g/mol. The molecule has 0 aromatic heterocycles.